The Bertz CT molecular complexity index is 289. The largest absolute Gasteiger partial charge is 0.326 e. The molecular weight excluding hydrogens is 216 g/mol. The minimum Gasteiger partial charge on any atom is -0.326 e. The fourth-order valence-corrected chi connectivity index (χ4v) is 2.93. The van der Waals surface area contributed by atoms with E-state index in [0.29, 0.717) is 0 Å². The van der Waals surface area contributed by atoms with E-state index >= 15 is 0 Å². The summed E-state index contributed by atoms with van der Waals surface area (Å²) in [5.41, 5.74) is 6.42. The third kappa shape index (κ3) is 3.06. The highest BCUT2D eigenvalue weighted by molar-refractivity contribution is 7.09. The predicted molar refractivity (Wildman–Crippen MR) is 73.0 cm³/mol. The fourth-order valence-electron chi connectivity index (χ4n) is 2.17. The maximum Gasteiger partial charge on any atom is 0.0307 e. The van der Waals surface area contributed by atoms with E-state index in [2.05, 4.69) is 50.1 Å². The van der Waals surface area contributed by atoms with Crippen LogP contribution < -0.4 is 5.73 Å². The predicted octanol–water partition coefficient (Wildman–Crippen LogP) is 2.74. The summed E-state index contributed by atoms with van der Waals surface area (Å²) >= 11 is 1.80. The fraction of sp³-hybridized carbons (Fsp3) is 0.692. The van der Waals surface area contributed by atoms with E-state index in [1.54, 1.807) is 11.3 Å². The Labute approximate surface area is 103 Å². The van der Waals surface area contributed by atoms with Gasteiger partial charge in [0, 0.05) is 16.5 Å². The Morgan fingerprint density at radius 3 is 2.44 bits per heavy atom. The lowest BCUT2D eigenvalue weighted by molar-refractivity contribution is 0.107. The van der Waals surface area contributed by atoms with Crippen LogP contribution in [0.25, 0.3) is 0 Å². The van der Waals surface area contributed by atoms with Crippen LogP contribution in [0.4, 0.5) is 0 Å². The van der Waals surface area contributed by atoms with E-state index < -0.39 is 0 Å². The van der Waals surface area contributed by atoms with Gasteiger partial charge in [-0.1, -0.05) is 19.9 Å². The molecule has 2 N–H and O–H groups in total. The highest BCUT2D eigenvalue weighted by atomic mass is 32.1. The molecule has 0 saturated carbocycles. The standard InChI is InChI=1S/C13H24N2S/c1-5-15(6-2)13(3,4)12(14)10-11-8-7-9-16-11/h7-9,12H,5-6,10,14H2,1-4H3. The first-order chi connectivity index (χ1) is 7.52. The zero-order chi connectivity index (χ0) is 12.2. The van der Waals surface area contributed by atoms with Crippen LogP contribution in [0.2, 0.25) is 0 Å². The van der Waals surface area contributed by atoms with E-state index in [1.807, 2.05) is 0 Å². The first-order valence-electron chi connectivity index (χ1n) is 6.05. The number of hydrogen-bond donors (Lipinski definition) is 1. The van der Waals surface area contributed by atoms with Crippen LogP contribution in [0.3, 0.4) is 0 Å². The molecule has 3 heteroatoms. The van der Waals surface area contributed by atoms with Crippen molar-refractivity contribution < 1.29 is 0 Å². The van der Waals surface area contributed by atoms with Gasteiger partial charge in [0.1, 0.15) is 0 Å². The van der Waals surface area contributed by atoms with Crippen molar-refractivity contribution in [1.29, 1.82) is 0 Å². The van der Waals surface area contributed by atoms with Crippen LogP contribution in [-0.4, -0.2) is 29.6 Å². The summed E-state index contributed by atoms with van der Waals surface area (Å²) in [5, 5.41) is 2.12. The van der Waals surface area contributed by atoms with Crippen molar-refractivity contribution in [2.75, 3.05) is 13.1 Å². The van der Waals surface area contributed by atoms with Gasteiger partial charge in [-0.3, -0.25) is 4.90 Å². The van der Waals surface area contributed by atoms with Gasteiger partial charge < -0.3 is 5.73 Å². The first kappa shape index (κ1) is 13.7. The summed E-state index contributed by atoms with van der Waals surface area (Å²) in [6.07, 6.45) is 0.973. The monoisotopic (exact) mass is 240 g/mol. The van der Waals surface area contributed by atoms with Gasteiger partial charge in [-0.05, 0) is 44.8 Å². The van der Waals surface area contributed by atoms with Gasteiger partial charge in [-0.2, -0.15) is 0 Å². The molecule has 0 saturated heterocycles. The number of hydrogen-bond acceptors (Lipinski definition) is 3. The Kier molecular flexibility index (Phi) is 4.96. The average Bonchev–Trinajstić information content (AvgIpc) is 2.71. The average molecular weight is 240 g/mol. The molecule has 0 bridgehead atoms. The van der Waals surface area contributed by atoms with Gasteiger partial charge in [0.05, 0.1) is 0 Å². The van der Waals surface area contributed by atoms with E-state index in [0.717, 1.165) is 19.5 Å². The zero-order valence-corrected chi connectivity index (χ0v) is 11.7. The Balaban J connectivity index is 2.67. The highest BCUT2D eigenvalue weighted by Crippen LogP contribution is 2.22. The SMILES string of the molecule is CCN(CC)C(C)(C)C(N)Cc1cccs1. The van der Waals surface area contributed by atoms with Crippen molar-refractivity contribution in [2.45, 2.75) is 45.7 Å². The molecule has 0 aromatic carbocycles. The third-order valence-corrected chi connectivity index (χ3v) is 4.39. The summed E-state index contributed by atoms with van der Waals surface area (Å²) in [7, 11) is 0. The summed E-state index contributed by atoms with van der Waals surface area (Å²) < 4.78 is 0. The minimum atomic E-state index is 0.0630. The molecule has 2 nitrogen and oxygen atoms in total. The zero-order valence-electron chi connectivity index (χ0n) is 10.9. The lowest BCUT2D eigenvalue weighted by atomic mass is 9.90. The molecule has 0 fully saturated rings. The van der Waals surface area contributed by atoms with Gasteiger partial charge >= 0.3 is 0 Å². The van der Waals surface area contributed by atoms with Crippen molar-refractivity contribution >= 4 is 11.3 Å². The second-order valence-electron chi connectivity index (χ2n) is 4.72. The van der Waals surface area contributed by atoms with Crippen LogP contribution >= 0.6 is 11.3 Å². The molecule has 0 radical (unpaired) electrons. The topological polar surface area (TPSA) is 29.3 Å². The first-order valence-corrected chi connectivity index (χ1v) is 6.93. The van der Waals surface area contributed by atoms with Crippen molar-refractivity contribution in [2.24, 2.45) is 5.73 Å². The molecule has 0 aliphatic heterocycles. The van der Waals surface area contributed by atoms with Gasteiger partial charge in [-0.15, -0.1) is 11.3 Å². The quantitative estimate of drug-likeness (QED) is 0.828. The van der Waals surface area contributed by atoms with Crippen LogP contribution in [-0.2, 0) is 6.42 Å². The van der Waals surface area contributed by atoms with Crippen molar-refractivity contribution in [3.05, 3.63) is 22.4 Å². The van der Waals surface area contributed by atoms with Gasteiger partial charge in [0.25, 0.3) is 0 Å². The van der Waals surface area contributed by atoms with E-state index in [4.69, 9.17) is 5.73 Å². The number of rotatable bonds is 6. The van der Waals surface area contributed by atoms with Gasteiger partial charge in [-0.25, -0.2) is 0 Å². The molecule has 0 amide bonds. The lowest BCUT2D eigenvalue weighted by Crippen LogP contribution is -2.56. The molecule has 1 unspecified atom stereocenters. The number of thiophene rings is 1. The minimum absolute atomic E-state index is 0.0630. The van der Waals surface area contributed by atoms with Crippen LogP contribution in [0.1, 0.15) is 32.6 Å². The smallest absolute Gasteiger partial charge is 0.0307 e. The summed E-state index contributed by atoms with van der Waals surface area (Å²) in [4.78, 5) is 3.82. The molecule has 0 spiro atoms. The summed E-state index contributed by atoms with van der Waals surface area (Å²) in [6.45, 7) is 11.0. The molecule has 1 aromatic rings. The Morgan fingerprint density at radius 2 is 2.00 bits per heavy atom. The second kappa shape index (κ2) is 5.80. The molecule has 1 heterocycles. The lowest BCUT2D eigenvalue weighted by Gasteiger charge is -2.41. The normalized spacial score (nSPS) is 14.4. The molecule has 1 aromatic heterocycles. The summed E-state index contributed by atoms with van der Waals surface area (Å²) in [6, 6.07) is 4.45. The van der Waals surface area contributed by atoms with Crippen LogP contribution in [0.15, 0.2) is 17.5 Å². The molecule has 1 atom stereocenters. The molecule has 16 heavy (non-hydrogen) atoms. The van der Waals surface area contributed by atoms with Crippen molar-refractivity contribution in [1.82, 2.24) is 4.90 Å². The van der Waals surface area contributed by atoms with Gasteiger partial charge in [0.2, 0.25) is 0 Å². The molecule has 0 aliphatic rings. The van der Waals surface area contributed by atoms with Crippen molar-refractivity contribution in [3.63, 3.8) is 0 Å². The molecule has 0 aliphatic carbocycles. The molecule has 92 valence electrons. The molecule has 1 rings (SSSR count). The van der Waals surface area contributed by atoms with Crippen LogP contribution in [0, 0.1) is 0 Å². The number of likely N-dealkylation sites (N-methyl/N-ethyl adjacent to an activating group) is 1. The maximum absolute atomic E-state index is 6.36. The molecular formula is C13H24N2S. The Hall–Kier alpha value is -0.380. The van der Waals surface area contributed by atoms with Crippen molar-refractivity contribution in [3.8, 4) is 0 Å². The van der Waals surface area contributed by atoms with Gasteiger partial charge in [0.15, 0.2) is 0 Å². The third-order valence-electron chi connectivity index (χ3n) is 3.49. The second-order valence-corrected chi connectivity index (χ2v) is 5.75. The van der Waals surface area contributed by atoms with E-state index in [9.17, 15) is 0 Å². The summed E-state index contributed by atoms with van der Waals surface area (Å²) in [5.74, 6) is 0. The van der Waals surface area contributed by atoms with E-state index in [-0.39, 0.29) is 11.6 Å². The number of nitrogens with two attached hydrogens (primary N) is 1. The maximum atomic E-state index is 6.36. The Morgan fingerprint density at radius 1 is 1.38 bits per heavy atom. The number of nitrogens with zero attached hydrogens (tertiary/aromatic N) is 1. The highest BCUT2D eigenvalue weighted by Gasteiger charge is 2.31. The van der Waals surface area contributed by atoms with Crippen LogP contribution in [0.5, 0.6) is 0 Å². The van der Waals surface area contributed by atoms with E-state index in [1.165, 1.54) is 4.88 Å².